The molecule has 0 radical (unpaired) electrons. The van der Waals surface area contributed by atoms with E-state index in [-0.39, 0.29) is 18.1 Å². The number of rotatable bonds is 7. The van der Waals surface area contributed by atoms with Gasteiger partial charge in [-0.3, -0.25) is 14.7 Å². The van der Waals surface area contributed by atoms with Crippen molar-refractivity contribution in [3.63, 3.8) is 0 Å². The molecular weight excluding hydrogens is 561 g/mol. The SMILES string of the molecule is O=C(NC1CCN(Cc2ccncc2)CC1)c1cc2ccc(OC3CCN(c4ccc(C(F)(F)F)cc4)CC3)cc2s1. The van der Waals surface area contributed by atoms with E-state index in [1.807, 2.05) is 48.8 Å². The number of nitrogens with one attached hydrogen (secondary N) is 1. The molecule has 0 spiro atoms. The first kappa shape index (κ1) is 28.5. The van der Waals surface area contributed by atoms with Crippen LogP contribution in [0.5, 0.6) is 5.75 Å². The van der Waals surface area contributed by atoms with Crippen LogP contribution in [0, 0.1) is 0 Å². The Labute approximate surface area is 247 Å². The molecule has 0 atom stereocenters. The van der Waals surface area contributed by atoms with E-state index in [9.17, 15) is 18.0 Å². The summed E-state index contributed by atoms with van der Waals surface area (Å²) in [7, 11) is 0. The number of nitrogens with zero attached hydrogens (tertiary/aromatic N) is 3. The number of pyridine rings is 1. The van der Waals surface area contributed by atoms with Gasteiger partial charge in [-0.1, -0.05) is 0 Å². The van der Waals surface area contributed by atoms with E-state index in [0.717, 1.165) is 79.0 Å². The molecule has 10 heteroatoms. The third-order valence-corrected chi connectivity index (χ3v) is 9.19. The van der Waals surface area contributed by atoms with Gasteiger partial charge in [0.25, 0.3) is 5.91 Å². The molecule has 42 heavy (non-hydrogen) atoms. The van der Waals surface area contributed by atoms with Crippen molar-refractivity contribution in [2.24, 2.45) is 0 Å². The summed E-state index contributed by atoms with van der Waals surface area (Å²) in [6.45, 7) is 4.23. The minimum Gasteiger partial charge on any atom is -0.490 e. The maximum atomic E-state index is 13.1. The number of ether oxygens (including phenoxy) is 1. The Bertz CT molecular complexity index is 1490. The molecule has 0 aliphatic carbocycles. The Balaban J connectivity index is 0.989. The zero-order chi connectivity index (χ0) is 29.1. The van der Waals surface area contributed by atoms with Gasteiger partial charge in [-0.15, -0.1) is 11.3 Å². The number of carbonyl (C=O) groups is 1. The number of amides is 1. The van der Waals surface area contributed by atoms with Gasteiger partial charge in [0.15, 0.2) is 0 Å². The Hall–Kier alpha value is -3.63. The zero-order valence-electron chi connectivity index (χ0n) is 23.1. The van der Waals surface area contributed by atoms with Crippen molar-refractivity contribution in [1.82, 2.24) is 15.2 Å². The molecule has 2 aliphatic heterocycles. The number of anilines is 1. The topological polar surface area (TPSA) is 57.7 Å². The summed E-state index contributed by atoms with van der Waals surface area (Å²) in [5, 5.41) is 4.25. The molecule has 6 rings (SSSR count). The maximum absolute atomic E-state index is 13.1. The Kier molecular flexibility index (Phi) is 8.35. The summed E-state index contributed by atoms with van der Waals surface area (Å²) >= 11 is 1.48. The van der Waals surface area contributed by atoms with Gasteiger partial charge in [0.2, 0.25) is 0 Å². The summed E-state index contributed by atoms with van der Waals surface area (Å²) in [5.74, 6) is 0.743. The molecule has 6 nitrogen and oxygen atoms in total. The fourth-order valence-electron chi connectivity index (χ4n) is 5.72. The van der Waals surface area contributed by atoms with E-state index in [2.05, 4.69) is 20.1 Å². The van der Waals surface area contributed by atoms with E-state index in [0.29, 0.717) is 18.0 Å². The van der Waals surface area contributed by atoms with E-state index in [4.69, 9.17) is 4.74 Å². The number of carbonyl (C=O) groups excluding carboxylic acids is 1. The van der Waals surface area contributed by atoms with Gasteiger partial charge in [-0.05, 0) is 84.5 Å². The van der Waals surface area contributed by atoms with Crippen molar-refractivity contribution in [1.29, 1.82) is 0 Å². The minimum atomic E-state index is -4.33. The van der Waals surface area contributed by atoms with Crippen LogP contribution in [0.1, 0.15) is 46.5 Å². The lowest BCUT2D eigenvalue weighted by atomic mass is 10.0. The molecule has 2 aromatic carbocycles. The minimum absolute atomic E-state index is 0.0260. The number of benzene rings is 2. The van der Waals surface area contributed by atoms with Gasteiger partial charge in [-0.25, -0.2) is 0 Å². The number of alkyl halides is 3. The van der Waals surface area contributed by atoms with Gasteiger partial charge < -0.3 is 15.0 Å². The molecule has 2 aromatic heterocycles. The van der Waals surface area contributed by atoms with E-state index < -0.39 is 11.7 Å². The van der Waals surface area contributed by atoms with Crippen LogP contribution in [0.25, 0.3) is 10.1 Å². The summed E-state index contributed by atoms with van der Waals surface area (Å²) in [6, 6.07) is 17.5. The van der Waals surface area contributed by atoms with Crippen molar-refractivity contribution in [2.45, 2.75) is 50.6 Å². The first-order chi connectivity index (χ1) is 20.3. The Morgan fingerprint density at radius 3 is 2.33 bits per heavy atom. The van der Waals surface area contributed by atoms with Crippen molar-refractivity contribution in [2.75, 3.05) is 31.1 Å². The number of hydrogen-bond acceptors (Lipinski definition) is 6. The zero-order valence-corrected chi connectivity index (χ0v) is 24.0. The molecule has 1 amide bonds. The van der Waals surface area contributed by atoms with Crippen LogP contribution in [0.4, 0.5) is 18.9 Å². The molecule has 4 aromatic rings. The number of thiophene rings is 1. The van der Waals surface area contributed by atoms with Crippen molar-refractivity contribution < 1.29 is 22.7 Å². The van der Waals surface area contributed by atoms with Crippen LogP contribution in [0.3, 0.4) is 0 Å². The third-order valence-electron chi connectivity index (χ3n) is 8.10. The van der Waals surface area contributed by atoms with Gasteiger partial charge in [-0.2, -0.15) is 13.2 Å². The van der Waals surface area contributed by atoms with Crippen molar-refractivity contribution in [3.05, 3.63) is 89.1 Å². The lowest BCUT2D eigenvalue weighted by Crippen LogP contribution is -2.44. The van der Waals surface area contributed by atoms with Crippen LogP contribution in [0.2, 0.25) is 0 Å². The number of aromatic nitrogens is 1. The molecular formula is C32H33F3N4O2S. The summed E-state index contributed by atoms with van der Waals surface area (Å²) in [4.78, 5) is 22.3. The Morgan fingerprint density at radius 1 is 0.929 bits per heavy atom. The van der Waals surface area contributed by atoms with Crippen LogP contribution in [-0.2, 0) is 12.7 Å². The largest absolute Gasteiger partial charge is 0.490 e. The van der Waals surface area contributed by atoms with E-state index in [1.54, 1.807) is 0 Å². The predicted molar refractivity (Wildman–Crippen MR) is 159 cm³/mol. The lowest BCUT2D eigenvalue weighted by Gasteiger charge is -2.33. The highest BCUT2D eigenvalue weighted by molar-refractivity contribution is 7.20. The number of fused-ring (bicyclic) bond motifs is 1. The molecule has 2 fully saturated rings. The standard InChI is InChI=1S/C32H33F3N4O2S/c33-32(34,35)24-2-4-26(5-3-24)39-17-11-27(12-18-39)41-28-6-1-23-19-30(42-29(23)20-28)31(40)37-25-9-15-38(16-10-25)21-22-7-13-36-14-8-22/h1-8,13-14,19-20,25,27H,9-12,15-18,21H2,(H,37,40). The third kappa shape index (κ3) is 6.87. The predicted octanol–water partition coefficient (Wildman–Crippen LogP) is 6.76. The first-order valence-corrected chi connectivity index (χ1v) is 15.2. The number of hydrogen-bond donors (Lipinski definition) is 1. The number of piperidine rings is 2. The fraction of sp³-hybridized carbons (Fsp3) is 0.375. The normalized spacial score (nSPS) is 17.5. The Morgan fingerprint density at radius 2 is 1.64 bits per heavy atom. The second-order valence-corrected chi connectivity index (χ2v) is 12.1. The van der Waals surface area contributed by atoms with Crippen molar-refractivity contribution in [3.8, 4) is 5.75 Å². The van der Waals surface area contributed by atoms with Crippen LogP contribution >= 0.6 is 11.3 Å². The second-order valence-electron chi connectivity index (χ2n) is 11.0. The molecule has 0 bridgehead atoms. The molecule has 0 unspecified atom stereocenters. The summed E-state index contributed by atoms with van der Waals surface area (Å²) < 4.78 is 45.9. The van der Waals surface area contributed by atoms with Gasteiger partial charge in [0.05, 0.1) is 10.4 Å². The molecule has 1 N–H and O–H groups in total. The highest BCUT2D eigenvalue weighted by atomic mass is 32.1. The first-order valence-electron chi connectivity index (χ1n) is 14.3. The van der Waals surface area contributed by atoms with Crippen LogP contribution < -0.4 is 15.0 Å². The molecule has 220 valence electrons. The molecule has 2 saturated heterocycles. The fourth-order valence-corrected chi connectivity index (χ4v) is 6.71. The van der Waals surface area contributed by atoms with Gasteiger partial charge >= 0.3 is 6.18 Å². The highest BCUT2D eigenvalue weighted by Crippen LogP contribution is 2.33. The quantitative estimate of drug-likeness (QED) is 0.256. The van der Waals surface area contributed by atoms with Gasteiger partial charge in [0.1, 0.15) is 11.9 Å². The number of likely N-dealkylation sites (tertiary alicyclic amines) is 1. The summed E-state index contributed by atoms with van der Waals surface area (Å²) in [6.07, 6.45) is 2.75. The number of halogens is 3. The van der Waals surface area contributed by atoms with Crippen LogP contribution in [-0.4, -0.2) is 54.1 Å². The monoisotopic (exact) mass is 594 g/mol. The van der Waals surface area contributed by atoms with Crippen LogP contribution in [0.15, 0.2) is 73.1 Å². The molecule has 2 aliphatic rings. The average molecular weight is 595 g/mol. The smallest absolute Gasteiger partial charge is 0.416 e. The van der Waals surface area contributed by atoms with E-state index in [1.165, 1.54) is 29.0 Å². The lowest BCUT2D eigenvalue weighted by molar-refractivity contribution is -0.137. The average Bonchev–Trinajstić information content (AvgIpc) is 3.43. The van der Waals surface area contributed by atoms with Crippen molar-refractivity contribution >= 4 is 33.0 Å². The molecule has 0 saturated carbocycles. The summed E-state index contributed by atoms with van der Waals surface area (Å²) in [5.41, 5.74) is 1.42. The van der Waals surface area contributed by atoms with E-state index >= 15 is 0 Å². The highest BCUT2D eigenvalue weighted by Gasteiger charge is 2.30. The maximum Gasteiger partial charge on any atom is 0.416 e. The van der Waals surface area contributed by atoms with Gasteiger partial charge in [0, 0.05) is 74.4 Å². The second kappa shape index (κ2) is 12.3. The molecule has 4 heterocycles.